The van der Waals surface area contributed by atoms with Gasteiger partial charge in [-0.3, -0.25) is 14.4 Å². The molecule has 0 aliphatic rings. The van der Waals surface area contributed by atoms with Gasteiger partial charge in [-0.2, -0.15) is 4.68 Å². The molecular weight excluding hydrogens is 398 g/mol. The van der Waals surface area contributed by atoms with E-state index in [1.807, 2.05) is 0 Å². The zero-order valence-electron chi connectivity index (χ0n) is 14.1. The minimum Gasteiger partial charge on any atom is -0.495 e. The van der Waals surface area contributed by atoms with E-state index >= 15 is 0 Å². The van der Waals surface area contributed by atoms with Crippen LogP contribution >= 0.6 is 23.4 Å². The zero-order chi connectivity index (χ0) is 20.0. The van der Waals surface area contributed by atoms with Crippen LogP contribution in [0.1, 0.15) is 12.1 Å². The lowest BCUT2D eigenvalue weighted by molar-refractivity contribution is -0.137. The van der Waals surface area contributed by atoms with E-state index < -0.39 is 17.4 Å². The van der Waals surface area contributed by atoms with Gasteiger partial charge in [0, 0.05) is 11.4 Å². The summed E-state index contributed by atoms with van der Waals surface area (Å²) in [5.74, 6) is 4.54. The first-order chi connectivity index (χ1) is 12.8. The molecule has 0 saturated carbocycles. The van der Waals surface area contributed by atoms with Crippen LogP contribution in [0.25, 0.3) is 0 Å². The molecule has 4 N–H and O–H groups in total. The Bertz CT molecular complexity index is 920. The van der Waals surface area contributed by atoms with Crippen molar-refractivity contribution >= 4 is 40.9 Å². The van der Waals surface area contributed by atoms with Gasteiger partial charge in [-0.25, -0.2) is 0 Å². The number of carboxylic acid groups (broad SMARTS) is 1. The lowest BCUT2D eigenvalue weighted by Crippen LogP contribution is -2.34. The Morgan fingerprint density at radius 2 is 2.15 bits per heavy atom. The summed E-state index contributed by atoms with van der Waals surface area (Å²) in [4.78, 5) is 34.8. The number of nitrogens with two attached hydrogens (primary N) is 1. The summed E-state index contributed by atoms with van der Waals surface area (Å²) in [6, 6.07) is 4.78. The molecule has 1 heterocycles. The normalized spacial score (nSPS) is 10.4. The highest BCUT2D eigenvalue weighted by Crippen LogP contribution is 2.27. The second-order valence-corrected chi connectivity index (χ2v) is 6.56. The average molecular weight is 414 g/mol. The van der Waals surface area contributed by atoms with Crippen LogP contribution in [0.5, 0.6) is 5.75 Å². The van der Waals surface area contributed by atoms with Gasteiger partial charge in [-0.15, -0.1) is 10.2 Å². The Labute approximate surface area is 162 Å². The van der Waals surface area contributed by atoms with Crippen LogP contribution in [0, 0.1) is 0 Å². The number of hydrogen-bond acceptors (Lipinski definition) is 8. The predicted molar refractivity (Wildman–Crippen MR) is 99.8 cm³/mol. The Balaban J connectivity index is 2.03. The fraction of sp³-hybridized carbons (Fsp3) is 0.267. The highest BCUT2D eigenvalue weighted by Gasteiger charge is 2.14. The van der Waals surface area contributed by atoms with Gasteiger partial charge in [-0.1, -0.05) is 23.4 Å². The van der Waals surface area contributed by atoms with E-state index in [4.69, 9.17) is 27.3 Å². The standard InChI is InChI=1S/C15H16ClN5O5S/c1-26-11-4-2-8(16)6-10(11)18-12(22)7-27-15-20-19-9(3-5-13(23)24)14(25)21(15)17/h2,4,6H,3,5,7,17H2,1H3,(H,18,22)(H,23,24). The van der Waals surface area contributed by atoms with Crippen molar-refractivity contribution in [3.8, 4) is 5.75 Å². The molecule has 1 aromatic heterocycles. The highest BCUT2D eigenvalue weighted by molar-refractivity contribution is 7.99. The number of halogens is 1. The van der Waals surface area contributed by atoms with Crippen molar-refractivity contribution in [2.75, 3.05) is 24.0 Å². The van der Waals surface area contributed by atoms with Gasteiger partial charge in [-0.05, 0) is 18.2 Å². The van der Waals surface area contributed by atoms with Gasteiger partial charge in [0.15, 0.2) is 0 Å². The van der Waals surface area contributed by atoms with Crippen LogP contribution < -0.4 is 21.5 Å². The molecule has 0 aliphatic heterocycles. The minimum absolute atomic E-state index is 0.0206. The fourth-order valence-electron chi connectivity index (χ4n) is 1.99. The molecule has 2 aromatic rings. The SMILES string of the molecule is COc1ccc(Cl)cc1NC(=O)CSc1nnc(CCC(=O)O)c(=O)n1N. The number of nitrogens with one attached hydrogen (secondary N) is 1. The monoisotopic (exact) mass is 413 g/mol. The number of ether oxygens (including phenoxy) is 1. The van der Waals surface area contributed by atoms with E-state index in [9.17, 15) is 14.4 Å². The summed E-state index contributed by atoms with van der Waals surface area (Å²) in [6.45, 7) is 0. The number of methoxy groups -OCH3 is 1. The van der Waals surface area contributed by atoms with E-state index in [1.54, 1.807) is 18.2 Å². The van der Waals surface area contributed by atoms with E-state index in [0.717, 1.165) is 16.4 Å². The largest absolute Gasteiger partial charge is 0.495 e. The lowest BCUT2D eigenvalue weighted by atomic mass is 10.2. The molecule has 27 heavy (non-hydrogen) atoms. The number of amides is 1. The number of hydrogen-bond donors (Lipinski definition) is 3. The number of carboxylic acids is 1. The fourth-order valence-corrected chi connectivity index (χ4v) is 2.82. The third-order valence-electron chi connectivity index (χ3n) is 3.27. The molecule has 0 unspecified atom stereocenters. The third-order valence-corrected chi connectivity index (χ3v) is 4.45. The molecule has 0 atom stereocenters. The molecule has 0 saturated heterocycles. The smallest absolute Gasteiger partial charge is 0.303 e. The van der Waals surface area contributed by atoms with Crippen molar-refractivity contribution in [2.45, 2.75) is 18.0 Å². The van der Waals surface area contributed by atoms with Crippen molar-refractivity contribution in [1.82, 2.24) is 14.9 Å². The molecule has 0 spiro atoms. The number of nitrogens with zero attached hydrogens (tertiary/aromatic N) is 3. The van der Waals surface area contributed by atoms with Crippen LogP contribution in [0.2, 0.25) is 5.02 Å². The van der Waals surface area contributed by atoms with Crippen LogP contribution in [0.3, 0.4) is 0 Å². The predicted octanol–water partition coefficient (Wildman–Crippen LogP) is 0.762. The lowest BCUT2D eigenvalue weighted by Gasteiger charge is -2.11. The van der Waals surface area contributed by atoms with Crippen LogP contribution in [-0.4, -0.2) is 44.7 Å². The van der Waals surface area contributed by atoms with Crippen LogP contribution in [0.15, 0.2) is 28.2 Å². The number of anilines is 1. The number of thioether (sulfide) groups is 1. The Kier molecular flexibility index (Phi) is 7.02. The summed E-state index contributed by atoms with van der Waals surface area (Å²) in [7, 11) is 1.46. The van der Waals surface area contributed by atoms with Gasteiger partial charge < -0.3 is 21.0 Å². The van der Waals surface area contributed by atoms with Crippen LogP contribution in [0.4, 0.5) is 5.69 Å². The first-order valence-electron chi connectivity index (χ1n) is 7.53. The number of carbonyl (C=O) groups is 2. The quantitative estimate of drug-likeness (QED) is 0.421. The minimum atomic E-state index is -1.06. The number of benzene rings is 1. The highest BCUT2D eigenvalue weighted by atomic mass is 35.5. The maximum absolute atomic E-state index is 12.1. The molecular formula is C15H16ClN5O5S. The van der Waals surface area contributed by atoms with E-state index in [2.05, 4.69) is 15.5 Å². The summed E-state index contributed by atoms with van der Waals surface area (Å²) in [5, 5.41) is 19.2. The average Bonchev–Trinajstić information content (AvgIpc) is 2.62. The summed E-state index contributed by atoms with van der Waals surface area (Å²) < 4.78 is 5.88. The maximum atomic E-state index is 12.1. The van der Waals surface area contributed by atoms with Crippen molar-refractivity contribution in [3.05, 3.63) is 39.3 Å². The van der Waals surface area contributed by atoms with Gasteiger partial charge >= 0.3 is 5.97 Å². The molecule has 1 amide bonds. The number of aliphatic carboxylic acids is 1. The van der Waals surface area contributed by atoms with E-state index in [0.29, 0.717) is 16.5 Å². The second-order valence-electron chi connectivity index (χ2n) is 5.18. The van der Waals surface area contributed by atoms with Gasteiger partial charge in [0.25, 0.3) is 5.56 Å². The first kappa shape index (κ1) is 20.5. The Morgan fingerprint density at radius 1 is 1.41 bits per heavy atom. The Hall–Kier alpha value is -2.79. The molecule has 12 heteroatoms. The first-order valence-corrected chi connectivity index (χ1v) is 8.90. The molecule has 10 nitrogen and oxygen atoms in total. The van der Waals surface area contributed by atoms with Crippen molar-refractivity contribution < 1.29 is 19.4 Å². The molecule has 0 aliphatic carbocycles. The summed E-state index contributed by atoms with van der Waals surface area (Å²) >= 11 is 6.81. The summed E-state index contributed by atoms with van der Waals surface area (Å²) in [6.07, 6.45) is -0.349. The van der Waals surface area contributed by atoms with Crippen molar-refractivity contribution in [2.24, 2.45) is 0 Å². The maximum Gasteiger partial charge on any atom is 0.303 e. The number of rotatable bonds is 8. The molecule has 0 bridgehead atoms. The zero-order valence-corrected chi connectivity index (χ0v) is 15.7. The molecule has 0 fully saturated rings. The van der Waals surface area contributed by atoms with Crippen molar-refractivity contribution in [3.63, 3.8) is 0 Å². The van der Waals surface area contributed by atoms with E-state index in [-0.39, 0.29) is 29.4 Å². The topological polar surface area (TPSA) is 149 Å². The van der Waals surface area contributed by atoms with Gasteiger partial charge in [0.2, 0.25) is 11.1 Å². The second kappa shape index (κ2) is 9.24. The van der Waals surface area contributed by atoms with Gasteiger partial charge in [0.05, 0.1) is 25.0 Å². The van der Waals surface area contributed by atoms with Crippen LogP contribution in [-0.2, 0) is 16.0 Å². The summed E-state index contributed by atoms with van der Waals surface area (Å²) in [5.41, 5.74) is -0.320. The molecule has 144 valence electrons. The Morgan fingerprint density at radius 3 is 2.81 bits per heavy atom. The molecule has 1 aromatic carbocycles. The van der Waals surface area contributed by atoms with E-state index in [1.165, 1.54) is 7.11 Å². The number of aryl methyl sites for hydroxylation is 1. The number of aromatic nitrogens is 3. The third kappa shape index (κ3) is 5.59. The molecule has 2 rings (SSSR count). The molecule has 0 radical (unpaired) electrons. The number of nitrogen functional groups attached to an aromatic ring is 1. The van der Waals surface area contributed by atoms with Crippen molar-refractivity contribution in [1.29, 1.82) is 0 Å². The van der Waals surface area contributed by atoms with Gasteiger partial charge in [0.1, 0.15) is 11.4 Å². The number of carbonyl (C=O) groups excluding carboxylic acids is 1.